The molecule has 2 aromatic carbocycles. The first kappa shape index (κ1) is 18.5. The Morgan fingerprint density at radius 1 is 1.04 bits per heavy atom. The molecule has 3 N–H and O–H groups in total. The Morgan fingerprint density at radius 3 is 2.44 bits per heavy atom. The van der Waals surface area contributed by atoms with Crippen molar-refractivity contribution < 1.29 is 22.7 Å². The van der Waals surface area contributed by atoms with E-state index in [-0.39, 0.29) is 22.9 Å². The fraction of sp³-hybridized carbons (Fsp3) is 0.111. The number of benzene rings is 2. The number of urea groups is 1. The van der Waals surface area contributed by atoms with Crippen LogP contribution in [0.25, 0.3) is 0 Å². The van der Waals surface area contributed by atoms with Crippen molar-refractivity contribution in [2.45, 2.75) is 11.8 Å². The van der Waals surface area contributed by atoms with E-state index in [0.29, 0.717) is 5.70 Å². The molecule has 140 valence electrons. The number of anilines is 2. The maximum absolute atomic E-state index is 12.6. The molecule has 1 aliphatic heterocycles. The molecule has 0 unspecified atom stereocenters. The highest BCUT2D eigenvalue weighted by Crippen LogP contribution is 2.26. The van der Waals surface area contributed by atoms with E-state index in [1.807, 2.05) is 0 Å². The van der Waals surface area contributed by atoms with E-state index < -0.39 is 22.0 Å². The molecule has 0 spiro atoms. The zero-order valence-corrected chi connectivity index (χ0v) is 15.2. The summed E-state index contributed by atoms with van der Waals surface area (Å²) < 4.78 is 32.3. The molecule has 8 nitrogen and oxygen atoms in total. The van der Waals surface area contributed by atoms with Crippen LogP contribution in [0.2, 0.25) is 0 Å². The van der Waals surface area contributed by atoms with Crippen LogP contribution >= 0.6 is 0 Å². The van der Waals surface area contributed by atoms with Crippen molar-refractivity contribution in [2.24, 2.45) is 0 Å². The molecule has 0 saturated carbocycles. The molecule has 0 atom stereocenters. The molecule has 9 heteroatoms. The molecule has 1 aliphatic rings. The Labute approximate surface area is 156 Å². The summed E-state index contributed by atoms with van der Waals surface area (Å²) in [4.78, 5) is 23.3. The average molecular weight is 387 g/mol. The van der Waals surface area contributed by atoms with Gasteiger partial charge >= 0.3 is 12.0 Å². The van der Waals surface area contributed by atoms with Crippen molar-refractivity contribution in [3.05, 3.63) is 65.9 Å². The lowest BCUT2D eigenvalue weighted by Gasteiger charge is -2.15. The lowest BCUT2D eigenvalue weighted by Crippen LogP contribution is -2.29. The van der Waals surface area contributed by atoms with Crippen LogP contribution in [-0.4, -0.2) is 27.0 Å². The second-order valence-corrected chi connectivity index (χ2v) is 7.51. The quantitative estimate of drug-likeness (QED) is 0.682. The number of amides is 2. The SMILES string of the molecule is Cc1ccc(NC(=O)NC2=CC(=O)OC2)c(NS(=O)(=O)c2ccccc2)c1. The van der Waals surface area contributed by atoms with Gasteiger partial charge in [0.15, 0.2) is 0 Å². The Bertz CT molecular complexity index is 1020. The van der Waals surface area contributed by atoms with E-state index in [4.69, 9.17) is 4.74 Å². The summed E-state index contributed by atoms with van der Waals surface area (Å²) in [5.41, 5.74) is 1.62. The number of nitrogens with one attached hydrogen (secondary N) is 3. The molecule has 0 aromatic heterocycles. The first-order chi connectivity index (χ1) is 12.8. The van der Waals surface area contributed by atoms with Gasteiger partial charge in [-0.05, 0) is 36.8 Å². The summed E-state index contributed by atoms with van der Waals surface area (Å²) in [6.45, 7) is 1.78. The van der Waals surface area contributed by atoms with E-state index in [9.17, 15) is 18.0 Å². The lowest BCUT2D eigenvalue weighted by molar-refractivity contribution is -0.134. The molecule has 3 rings (SSSR count). The predicted molar refractivity (Wildman–Crippen MR) is 99.6 cm³/mol. The van der Waals surface area contributed by atoms with Crippen molar-refractivity contribution >= 4 is 33.4 Å². The molecular weight excluding hydrogens is 370 g/mol. The number of rotatable bonds is 5. The molecule has 0 fully saturated rings. The van der Waals surface area contributed by atoms with Crippen molar-refractivity contribution in [3.63, 3.8) is 0 Å². The van der Waals surface area contributed by atoms with Gasteiger partial charge in [-0.3, -0.25) is 4.72 Å². The van der Waals surface area contributed by atoms with Gasteiger partial charge in [0.1, 0.15) is 6.61 Å². The number of ether oxygens (including phenoxy) is 1. The van der Waals surface area contributed by atoms with Crippen LogP contribution in [0.3, 0.4) is 0 Å². The second-order valence-electron chi connectivity index (χ2n) is 5.82. The number of sulfonamides is 1. The molecule has 1 heterocycles. The Balaban J connectivity index is 1.80. The third-order valence-corrected chi connectivity index (χ3v) is 5.04. The first-order valence-corrected chi connectivity index (χ1v) is 9.46. The fourth-order valence-corrected chi connectivity index (χ4v) is 3.49. The number of aryl methyl sites for hydroxylation is 1. The van der Waals surface area contributed by atoms with E-state index in [2.05, 4.69) is 15.4 Å². The van der Waals surface area contributed by atoms with Crippen LogP contribution in [0.15, 0.2) is 65.2 Å². The Hall–Kier alpha value is -3.33. The van der Waals surface area contributed by atoms with Crippen LogP contribution in [0.1, 0.15) is 5.56 Å². The van der Waals surface area contributed by atoms with E-state index in [1.54, 1.807) is 43.3 Å². The number of esters is 1. The van der Waals surface area contributed by atoms with Crippen molar-refractivity contribution in [2.75, 3.05) is 16.6 Å². The number of carbonyl (C=O) groups excluding carboxylic acids is 2. The van der Waals surface area contributed by atoms with E-state index in [0.717, 1.165) is 5.56 Å². The van der Waals surface area contributed by atoms with Crippen LogP contribution in [-0.2, 0) is 19.6 Å². The van der Waals surface area contributed by atoms with Gasteiger partial charge in [0.2, 0.25) is 0 Å². The highest BCUT2D eigenvalue weighted by atomic mass is 32.2. The van der Waals surface area contributed by atoms with Crippen LogP contribution in [0.4, 0.5) is 16.2 Å². The minimum absolute atomic E-state index is 0.0202. The van der Waals surface area contributed by atoms with Gasteiger partial charge in [0.25, 0.3) is 10.0 Å². The van der Waals surface area contributed by atoms with E-state index >= 15 is 0 Å². The average Bonchev–Trinajstić information content (AvgIpc) is 3.02. The standard InChI is InChI=1S/C18H17N3O5S/c1-12-7-8-15(20-18(23)19-13-10-17(22)26-11-13)16(9-12)21-27(24,25)14-5-3-2-4-6-14/h2-10,21H,11H2,1H3,(H2,19,20,23). The highest BCUT2D eigenvalue weighted by Gasteiger charge is 2.18. The van der Waals surface area contributed by atoms with Gasteiger partial charge in [-0.15, -0.1) is 0 Å². The zero-order chi connectivity index (χ0) is 19.4. The normalized spacial score (nSPS) is 13.5. The molecule has 0 radical (unpaired) electrons. The Kier molecular flexibility index (Phi) is 5.13. The maximum atomic E-state index is 12.6. The summed E-state index contributed by atoms with van der Waals surface area (Å²) in [6.07, 6.45) is 1.17. The second kappa shape index (κ2) is 7.50. The number of hydrogen-bond acceptors (Lipinski definition) is 5. The largest absolute Gasteiger partial charge is 0.456 e. The van der Waals surface area contributed by atoms with Crippen molar-refractivity contribution in [3.8, 4) is 0 Å². The molecule has 2 amide bonds. The summed E-state index contributed by atoms with van der Waals surface area (Å²) in [5.74, 6) is -0.531. The lowest BCUT2D eigenvalue weighted by atomic mass is 10.2. The van der Waals surface area contributed by atoms with Crippen LogP contribution in [0.5, 0.6) is 0 Å². The van der Waals surface area contributed by atoms with Crippen LogP contribution in [0, 0.1) is 6.92 Å². The molecular formula is C18H17N3O5S. The van der Waals surface area contributed by atoms with Gasteiger partial charge < -0.3 is 15.4 Å². The predicted octanol–water partition coefficient (Wildman–Crippen LogP) is 2.36. The van der Waals surface area contributed by atoms with Gasteiger partial charge in [-0.25, -0.2) is 18.0 Å². The van der Waals surface area contributed by atoms with Gasteiger partial charge in [-0.1, -0.05) is 24.3 Å². The van der Waals surface area contributed by atoms with Crippen LogP contribution < -0.4 is 15.4 Å². The van der Waals surface area contributed by atoms with Crippen molar-refractivity contribution in [1.29, 1.82) is 0 Å². The summed E-state index contributed by atoms with van der Waals surface area (Å²) in [6, 6.07) is 12.2. The van der Waals surface area contributed by atoms with Gasteiger partial charge in [0, 0.05) is 6.08 Å². The molecule has 27 heavy (non-hydrogen) atoms. The topological polar surface area (TPSA) is 114 Å². The first-order valence-electron chi connectivity index (χ1n) is 7.97. The minimum atomic E-state index is -3.82. The Morgan fingerprint density at radius 2 is 1.78 bits per heavy atom. The third kappa shape index (κ3) is 4.64. The number of carbonyl (C=O) groups is 2. The summed E-state index contributed by atoms with van der Waals surface area (Å²) >= 11 is 0. The monoisotopic (exact) mass is 387 g/mol. The third-order valence-electron chi connectivity index (χ3n) is 3.66. The van der Waals surface area contributed by atoms with Gasteiger partial charge in [0.05, 0.1) is 22.0 Å². The smallest absolute Gasteiger partial charge is 0.333 e. The van der Waals surface area contributed by atoms with E-state index in [1.165, 1.54) is 18.2 Å². The maximum Gasteiger partial charge on any atom is 0.333 e. The molecule has 0 aliphatic carbocycles. The zero-order valence-electron chi connectivity index (χ0n) is 14.4. The summed E-state index contributed by atoms with van der Waals surface area (Å²) in [5, 5.41) is 5.05. The van der Waals surface area contributed by atoms with Crippen molar-refractivity contribution in [1.82, 2.24) is 5.32 Å². The number of hydrogen-bond donors (Lipinski definition) is 3. The van der Waals surface area contributed by atoms with Gasteiger partial charge in [-0.2, -0.15) is 0 Å². The number of cyclic esters (lactones) is 1. The molecule has 2 aromatic rings. The minimum Gasteiger partial charge on any atom is -0.456 e. The summed E-state index contributed by atoms with van der Waals surface area (Å²) in [7, 11) is -3.82. The highest BCUT2D eigenvalue weighted by molar-refractivity contribution is 7.92. The molecule has 0 saturated heterocycles. The molecule has 0 bridgehead atoms. The fourth-order valence-electron chi connectivity index (χ4n) is 2.40.